The summed E-state index contributed by atoms with van der Waals surface area (Å²) >= 11 is 0. The van der Waals surface area contributed by atoms with Gasteiger partial charge in [0, 0.05) is 31.1 Å². The predicted octanol–water partition coefficient (Wildman–Crippen LogP) is 1.15. The molecule has 1 saturated heterocycles. The van der Waals surface area contributed by atoms with E-state index in [2.05, 4.69) is 20.8 Å². The van der Waals surface area contributed by atoms with Gasteiger partial charge in [0.2, 0.25) is 0 Å². The summed E-state index contributed by atoms with van der Waals surface area (Å²) < 4.78 is 0. The molecule has 0 aliphatic carbocycles. The molecule has 4 rings (SSSR count). The molecule has 2 aliphatic rings. The lowest BCUT2D eigenvalue weighted by Crippen LogP contribution is -2.36. The lowest BCUT2D eigenvalue weighted by atomic mass is 10.0. The van der Waals surface area contributed by atoms with E-state index in [0.717, 1.165) is 42.9 Å². The van der Waals surface area contributed by atoms with Gasteiger partial charge in [0.1, 0.15) is 0 Å². The first-order valence-electron chi connectivity index (χ1n) is 7.70. The Hall–Kier alpha value is -2.18. The molecule has 0 radical (unpaired) electrons. The van der Waals surface area contributed by atoms with Crippen molar-refractivity contribution in [3.8, 4) is 0 Å². The maximum atomic E-state index is 12.6. The first kappa shape index (κ1) is 13.5. The van der Waals surface area contributed by atoms with Crippen molar-refractivity contribution in [3.05, 3.63) is 53.1 Å². The molecule has 1 atom stereocenters. The number of nitrogens with zero attached hydrogens (tertiary/aromatic N) is 2. The molecule has 1 aromatic heterocycles. The number of hydrogen-bond donors (Lipinski definition) is 3. The Bertz CT molecular complexity index is 672. The number of carbonyl (C=O) groups excluding carboxylic acids is 1. The van der Waals surface area contributed by atoms with Gasteiger partial charge in [-0.25, -0.2) is 4.98 Å². The van der Waals surface area contributed by atoms with Crippen molar-refractivity contribution in [1.29, 1.82) is 0 Å². The fraction of sp³-hybridized carbons (Fsp3) is 0.375. The van der Waals surface area contributed by atoms with Crippen molar-refractivity contribution in [2.24, 2.45) is 0 Å². The number of imidazole rings is 1. The summed E-state index contributed by atoms with van der Waals surface area (Å²) in [7, 11) is 0. The van der Waals surface area contributed by atoms with Crippen LogP contribution in [0.15, 0.2) is 30.6 Å². The van der Waals surface area contributed by atoms with Crippen molar-refractivity contribution in [1.82, 2.24) is 25.7 Å². The summed E-state index contributed by atoms with van der Waals surface area (Å²) in [5.74, 6) is 0.0873. The van der Waals surface area contributed by atoms with E-state index < -0.39 is 0 Å². The van der Waals surface area contributed by atoms with Gasteiger partial charge in [-0.3, -0.25) is 15.6 Å². The van der Waals surface area contributed by atoms with Crippen molar-refractivity contribution in [3.63, 3.8) is 0 Å². The molecule has 6 nitrogen and oxygen atoms in total. The minimum atomic E-state index is 0.0873. The minimum absolute atomic E-state index is 0.0873. The summed E-state index contributed by atoms with van der Waals surface area (Å²) in [6, 6.07) is 8.29. The SMILES string of the molecule is O=C(c1ccc(C2CCNN2)cc1)N1CCc2nc[nH]c2C1. The molecule has 6 heteroatoms. The molecule has 3 heterocycles. The average molecular weight is 297 g/mol. The molecule has 1 amide bonds. The maximum Gasteiger partial charge on any atom is 0.254 e. The normalized spacial score (nSPS) is 20.9. The number of aromatic amines is 1. The number of nitrogens with one attached hydrogen (secondary N) is 3. The van der Waals surface area contributed by atoms with E-state index in [1.807, 2.05) is 29.2 Å². The number of carbonyl (C=O) groups is 1. The van der Waals surface area contributed by atoms with Gasteiger partial charge in [-0.05, 0) is 24.1 Å². The van der Waals surface area contributed by atoms with Crippen LogP contribution in [-0.2, 0) is 13.0 Å². The number of hydrogen-bond acceptors (Lipinski definition) is 4. The Balaban J connectivity index is 1.48. The maximum absolute atomic E-state index is 12.6. The lowest BCUT2D eigenvalue weighted by molar-refractivity contribution is 0.0732. The van der Waals surface area contributed by atoms with Gasteiger partial charge in [-0.2, -0.15) is 0 Å². The van der Waals surface area contributed by atoms with Gasteiger partial charge in [0.25, 0.3) is 5.91 Å². The van der Waals surface area contributed by atoms with E-state index in [1.54, 1.807) is 6.33 Å². The van der Waals surface area contributed by atoms with Crippen LogP contribution < -0.4 is 10.9 Å². The summed E-state index contributed by atoms with van der Waals surface area (Å²) in [6.07, 6.45) is 3.60. The number of aromatic nitrogens is 2. The van der Waals surface area contributed by atoms with Crippen LogP contribution in [-0.4, -0.2) is 33.9 Å². The molecular formula is C16H19N5O. The Morgan fingerprint density at radius 3 is 2.91 bits per heavy atom. The zero-order chi connectivity index (χ0) is 14.9. The summed E-state index contributed by atoms with van der Waals surface area (Å²) in [5, 5.41) is 0. The van der Waals surface area contributed by atoms with Crippen LogP contribution >= 0.6 is 0 Å². The van der Waals surface area contributed by atoms with E-state index in [4.69, 9.17) is 0 Å². The van der Waals surface area contributed by atoms with Crippen LogP contribution in [0.3, 0.4) is 0 Å². The van der Waals surface area contributed by atoms with Crippen molar-refractivity contribution < 1.29 is 4.79 Å². The quantitative estimate of drug-likeness (QED) is 0.777. The van der Waals surface area contributed by atoms with Crippen LogP contribution in [0.25, 0.3) is 0 Å². The van der Waals surface area contributed by atoms with Crippen LogP contribution in [0.4, 0.5) is 0 Å². The molecule has 1 fully saturated rings. The molecule has 3 N–H and O–H groups in total. The number of fused-ring (bicyclic) bond motifs is 1. The number of benzene rings is 1. The van der Waals surface area contributed by atoms with Gasteiger partial charge >= 0.3 is 0 Å². The molecule has 1 aromatic carbocycles. The lowest BCUT2D eigenvalue weighted by Gasteiger charge is -2.26. The Labute approximate surface area is 128 Å². The predicted molar refractivity (Wildman–Crippen MR) is 82.0 cm³/mol. The third kappa shape index (κ3) is 2.40. The van der Waals surface area contributed by atoms with Gasteiger partial charge < -0.3 is 9.88 Å². The van der Waals surface area contributed by atoms with E-state index in [-0.39, 0.29) is 5.91 Å². The highest BCUT2D eigenvalue weighted by atomic mass is 16.2. The monoisotopic (exact) mass is 297 g/mol. The Morgan fingerprint density at radius 2 is 2.14 bits per heavy atom. The van der Waals surface area contributed by atoms with Crippen LogP contribution in [0.5, 0.6) is 0 Å². The van der Waals surface area contributed by atoms with Gasteiger partial charge in [0.15, 0.2) is 0 Å². The van der Waals surface area contributed by atoms with E-state index in [1.165, 1.54) is 5.56 Å². The van der Waals surface area contributed by atoms with E-state index >= 15 is 0 Å². The number of hydrazine groups is 1. The second-order valence-corrected chi connectivity index (χ2v) is 5.84. The largest absolute Gasteiger partial charge is 0.347 e. The third-order valence-corrected chi connectivity index (χ3v) is 4.46. The zero-order valence-electron chi connectivity index (χ0n) is 12.3. The molecule has 22 heavy (non-hydrogen) atoms. The van der Waals surface area contributed by atoms with Crippen molar-refractivity contribution >= 4 is 5.91 Å². The highest BCUT2D eigenvalue weighted by Gasteiger charge is 2.23. The average Bonchev–Trinajstić information content (AvgIpc) is 3.25. The first-order chi connectivity index (χ1) is 10.8. The van der Waals surface area contributed by atoms with Gasteiger partial charge in [0.05, 0.1) is 24.3 Å². The van der Waals surface area contributed by atoms with Crippen LogP contribution in [0.2, 0.25) is 0 Å². The smallest absolute Gasteiger partial charge is 0.254 e. The standard InChI is InChI=1S/C16H19N5O/c22-16(21-8-6-14-15(9-21)18-10-17-14)12-3-1-11(2-4-12)13-5-7-19-20-13/h1-4,10,13,19-20H,5-9H2,(H,17,18). The summed E-state index contributed by atoms with van der Waals surface area (Å²) in [4.78, 5) is 21.9. The minimum Gasteiger partial charge on any atom is -0.347 e. The second-order valence-electron chi connectivity index (χ2n) is 5.84. The van der Waals surface area contributed by atoms with E-state index in [0.29, 0.717) is 12.6 Å². The highest BCUT2D eigenvalue weighted by Crippen LogP contribution is 2.21. The topological polar surface area (TPSA) is 73.1 Å². The highest BCUT2D eigenvalue weighted by molar-refractivity contribution is 5.94. The number of amides is 1. The first-order valence-corrected chi connectivity index (χ1v) is 7.70. The van der Waals surface area contributed by atoms with Gasteiger partial charge in [-0.15, -0.1) is 0 Å². The third-order valence-electron chi connectivity index (χ3n) is 4.46. The van der Waals surface area contributed by atoms with Crippen molar-refractivity contribution in [2.75, 3.05) is 13.1 Å². The fourth-order valence-electron chi connectivity index (χ4n) is 3.16. The molecule has 1 unspecified atom stereocenters. The Morgan fingerprint density at radius 1 is 1.27 bits per heavy atom. The molecule has 2 aromatic rings. The number of H-pyrrole nitrogens is 1. The molecule has 114 valence electrons. The Kier molecular flexibility index (Phi) is 3.40. The van der Waals surface area contributed by atoms with Gasteiger partial charge in [-0.1, -0.05) is 12.1 Å². The molecule has 0 saturated carbocycles. The fourth-order valence-corrected chi connectivity index (χ4v) is 3.16. The van der Waals surface area contributed by atoms with Crippen LogP contribution in [0.1, 0.15) is 39.8 Å². The second kappa shape index (κ2) is 5.55. The zero-order valence-corrected chi connectivity index (χ0v) is 12.3. The van der Waals surface area contributed by atoms with E-state index in [9.17, 15) is 4.79 Å². The molecule has 2 aliphatic heterocycles. The van der Waals surface area contributed by atoms with Crippen LogP contribution in [0, 0.1) is 0 Å². The molecular weight excluding hydrogens is 278 g/mol. The summed E-state index contributed by atoms with van der Waals surface area (Å²) in [6.45, 7) is 2.32. The number of rotatable bonds is 2. The summed E-state index contributed by atoms with van der Waals surface area (Å²) in [5.41, 5.74) is 10.5. The molecule has 0 spiro atoms. The molecule has 0 bridgehead atoms. The van der Waals surface area contributed by atoms with Crippen molar-refractivity contribution in [2.45, 2.75) is 25.4 Å².